The number of amides is 1. The number of anilines is 3. The normalized spacial score (nSPS) is 14.4. The second kappa shape index (κ2) is 12.6. The van der Waals surface area contributed by atoms with Crippen LogP contribution < -0.4 is 15.4 Å². The number of benzene rings is 2. The molecule has 1 aliphatic rings. The van der Waals surface area contributed by atoms with Crippen molar-refractivity contribution in [1.29, 1.82) is 0 Å². The summed E-state index contributed by atoms with van der Waals surface area (Å²) in [5, 5.41) is 23.9. The molecule has 2 aromatic carbocycles. The number of nitrogens with zero attached hydrogens (tertiary/aromatic N) is 6. The summed E-state index contributed by atoms with van der Waals surface area (Å²) in [6.07, 6.45) is 6.08. The molecule has 0 bridgehead atoms. The molecule has 1 fully saturated rings. The number of hydrogen-bond donors (Lipinski definition) is 3. The van der Waals surface area contributed by atoms with Gasteiger partial charge in [0.1, 0.15) is 30.3 Å². The summed E-state index contributed by atoms with van der Waals surface area (Å²) in [7, 11) is 0. The van der Waals surface area contributed by atoms with Gasteiger partial charge in [0, 0.05) is 30.3 Å². The third-order valence-electron chi connectivity index (χ3n) is 6.66. The van der Waals surface area contributed by atoms with Crippen LogP contribution in [0.2, 0.25) is 0 Å². The van der Waals surface area contributed by atoms with Crippen molar-refractivity contribution in [2.24, 2.45) is 5.92 Å². The maximum atomic E-state index is 13.3. The molecule has 0 saturated carbocycles. The highest BCUT2D eigenvalue weighted by Crippen LogP contribution is 2.26. The average molecular weight is 535 g/mol. The van der Waals surface area contributed by atoms with Gasteiger partial charge in [-0.15, -0.1) is 5.10 Å². The Balaban J connectivity index is 1.13. The van der Waals surface area contributed by atoms with Crippen LogP contribution in [0.5, 0.6) is 5.75 Å². The Bertz CT molecular complexity index is 1410. The van der Waals surface area contributed by atoms with Crippen LogP contribution in [0.1, 0.15) is 19.3 Å². The third-order valence-corrected chi connectivity index (χ3v) is 6.66. The van der Waals surface area contributed by atoms with Gasteiger partial charge in [0.05, 0.1) is 18.3 Å². The summed E-state index contributed by atoms with van der Waals surface area (Å²) in [5.74, 6) is 1.36. The first-order valence-electron chi connectivity index (χ1n) is 13.0. The third kappa shape index (κ3) is 7.24. The zero-order valence-corrected chi connectivity index (χ0v) is 21.5. The van der Waals surface area contributed by atoms with Gasteiger partial charge >= 0.3 is 0 Å². The lowest BCUT2D eigenvalue weighted by Crippen LogP contribution is -2.35. The first kappa shape index (κ1) is 26.4. The Morgan fingerprint density at radius 1 is 1.15 bits per heavy atom. The van der Waals surface area contributed by atoms with Gasteiger partial charge in [-0.2, -0.15) is 0 Å². The zero-order chi connectivity index (χ0) is 27.0. The molecule has 39 heavy (non-hydrogen) atoms. The van der Waals surface area contributed by atoms with E-state index < -0.39 is 5.82 Å². The summed E-state index contributed by atoms with van der Waals surface area (Å²) >= 11 is 0. The molecule has 11 nitrogen and oxygen atoms in total. The minimum atomic E-state index is -0.429. The van der Waals surface area contributed by atoms with E-state index >= 15 is 0 Å². The summed E-state index contributed by atoms with van der Waals surface area (Å²) in [6, 6.07) is 11.3. The maximum absolute atomic E-state index is 13.3. The molecule has 0 radical (unpaired) electrons. The van der Waals surface area contributed by atoms with Crippen LogP contribution in [0.3, 0.4) is 0 Å². The number of piperidine rings is 1. The average Bonchev–Trinajstić information content (AvgIpc) is 3.37. The first-order valence-corrected chi connectivity index (χ1v) is 13.0. The molecule has 4 aromatic rings. The number of nitrogens with one attached hydrogen (secondary N) is 2. The van der Waals surface area contributed by atoms with Crippen molar-refractivity contribution >= 4 is 34.1 Å². The molecule has 1 saturated heterocycles. The SMILES string of the molecule is O=C(Cn1cc(Nc2ncnc3cc(OCCCN4CCC(CO)CC4)ccc23)nn1)Nc1cccc(F)c1. The van der Waals surface area contributed by atoms with E-state index in [0.29, 0.717) is 29.8 Å². The zero-order valence-electron chi connectivity index (χ0n) is 21.5. The van der Waals surface area contributed by atoms with Gasteiger partial charge in [0.25, 0.3) is 0 Å². The van der Waals surface area contributed by atoms with Crippen LogP contribution in [-0.2, 0) is 11.3 Å². The summed E-state index contributed by atoms with van der Waals surface area (Å²) < 4.78 is 20.7. The lowest BCUT2D eigenvalue weighted by Gasteiger charge is -2.30. The molecule has 204 valence electrons. The van der Waals surface area contributed by atoms with Crippen LogP contribution in [0.25, 0.3) is 10.9 Å². The highest BCUT2D eigenvalue weighted by molar-refractivity contribution is 5.91. The Morgan fingerprint density at radius 3 is 2.85 bits per heavy atom. The predicted molar refractivity (Wildman–Crippen MR) is 144 cm³/mol. The van der Waals surface area contributed by atoms with Crippen LogP contribution in [-0.4, -0.2) is 73.7 Å². The van der Waals surface area contributed by atoms with Crippen molar-refractivity contribution in [2.45, 2.75) is 25.8 Å². The van der Waals surface area contributed by atoms with Gasteiger partial charge in [0.2, 0.25) is 5.91 Å². The molecule has 5 rings (SSSR count). The Hall–Kier alpha value is -4.16. The molecule has 3 N–H and O–H groups in total. The van der Waals surface area contributed by atoms with Crippen LogP contribution in [0.15, 0.2) is 55.0 Å². The van der Waals surface area contributed by atoms with Crippen molar-refractivity contribution in [1.82, 2.24) is 29.9 Å². The topological polar surface area (TPSA) is 130 Å². The lowest BCUT2D eigenvalue weighted by atomic mass is 9.98. The molecule has 0 atom stereocenters. The van der Waals surface area contributed by atoms with Crippen molar-refractivity contribution in [3.05, 3.63) is 60.8 Å². The minimum Gasteiger partial charge on any atom is -0.493 e. The molecule has 0 unspecified atom stereocenters. The summed E-state index contributed by atoms with van der Waals surface area (Å²) in [5.41, 5.74) is 1.09. The molecule has 0 aliphatic carbocycles. The van der Waals surface area contributed by atoms with Crippen LogP contribution in [0.4, 0.5) is 21.7 Å². The number of carbonyl (C=O) groups is 1. The van der Waals surface area contributed by atoms with Gasteiger partial charge in [0.15, 0.2) is 5.82 Å². The summed E-state index contributed by atoms with van der Waals surface area (Å²) in [6.45, 7) is 3.86. The maximum Gasteiger partial charge on any atom is 0.246 e. The Kier molecular flexibility index (Phi) is 8.54. The standard InChI is InChI=1S/C27H31FN8O3/c28-20-3-1-4-21(13-20)31-26(38)16-36-15-25(33-34-36)32-27-23-6-5-22(14-24(23)29-18-30-27)39-12-2-9-35-10-7-19(17-37)8-11-35/h1,3-6,13-15,18-19,37H,2,7-12,16-17H2,(H,31,38)(H,29,30,32). The van der Waals surface area contributed by atoms with E-state index in [-0.39, 0.29) is 19.1 Å². The molecule has 1 aliphatic heterocycles. The number of fused-ring (bicyclic) bond motifs is 1. The predicted octanol–water partition coefficient (Wildman–Crippen LogP) is 3.22. The second-order valence-corrected chi connectivity index (χ2v) is 9.56. The van der Waals surface area contributed by atoms with Crippen molar-refractivity contribution in [3.8, 4) is 5.75 Å². The van der Waals surface area contributed by atoms with Crippen LogP contribution in [0, 0.1) is 11.7 Å². The summed E-state index contributed by atoms with van der Waals surface area (Å²) in [4.78, 5) is 23.4. The van der Waals surface area contributed by atoms with E-state index in [4.69, 9.17) is 4.74 Å². The first-order chi connectivity index (χ1) is 19.1. The van der Waals surface area contributed by atoms with E-state index in [2.05, 4.69) is 35.8 Å². The van der Waals surface area contributed by atoms with Gasteiger partial charge in [-0.05, 0) is 68.6 Å². The van der Waals surface area contributed by atoms with E-state index in [1.807, 2.05) is 18.2 Å². The fourth-order valence-electron chi connectivity index (χ4n) is 4.57. The van der Waals surface area contributed by atoms with E-state index in [0.717, 1.165) is 55.5 Å². The van der Waals surface area contributed by atoms with Gasteiger partial charge < -0.3 is 25.4 Å². The monoisotopic (exact) mass is 534 g/mol. The molecule has 2 aromatic heterocycles. The molecule has 1 amide bonds. The van der Waals surface area contributed by atoms with Gasteiger partial charge in [-0.25, -0.2) is 19.0 Å². The fraction of sp³-hybridized carbons (Fsp3) is 0.370. The number of halogens is 1. The van der Waals surface area contributed by atoms with Crippen molar-refractivity contribution < 1.29 is 19.0 Å². The molecule has 12 heteroatoms. The Morgan fingerprint density at radius 2 is 2.03 bits per heavy atom. The van der Waals surface area contributed by atoms with E-state index in [1.54, 1.807) is 12.3 Å². The van der Waals surface area contributed by atoms with Gasteiger partial charge in [-0.1, -0.05) is 11.3 Å². The smallest absolute Gasteiger partial charge is 0.246 e. The van der Waals surface area contributed by atoms with Crippen molar-refractivity contribution in [2.75, 3.05) is 43.5 Å². The quantitative estimate of drug-likeness (QED) is 0.248. The highest BCUT2D eigenvalue weighted by Gasteiger charge is 2.18. The Labute approximate surface area is 225 Å². The molecular formula is C27H31FN8O3. The number of hydrogen-bond acceptors (Lipinski definition) is 9. The number of aliphatic hydroxyl groups is 1. The van der Waals surface area contributed by atoms with E-state index in [1.165, 1.54) is 29.2 Å². The number of aliphatic hydroxyl groups excluding tert-OH is 1. The highest BCUT2D eigenvalue weighted by atomic mass is 19.1. The molecule has 0 spiro atoms. The number of aromatic nitrogens is 5. The minimum absolute atomic E-state index is 0.0860. The lowest BCUT2D eigenvalue weighted by molar-refractivity contribution is -0.116. The van der Waals surface area contributed by atoms with E-state index in [9.17, 15) is 14.3 Å². The van der Waals surface area contributed by atoms with Crippen LogP contribution >= 0.6 is 0 Å². The van der Waals surface area contributed by atoms with Gasteiger partial charge in [-0.3, -0.25) is 4.79 Å². The molecule has 3 heterocycles. The number of likely N-dealkylation sites (tertiary alicyclic amines) is 1. The largest absolute Gasteiger partial charge is 0.493 e. The number of ether oxygens (including phenoxy) is 1. The number of rotatable bonds is 11. The molecular weight excluding hydrogens is 503 g/mol. The number of carbonyl (C=O) groups excluding carboxylic acids is 1. The second-order valence-electron chi connectivity index (χ2n) is 9.56. The van der Waals surface area contributed by atoms with Crippen molar-refractivity contribution in [3.63, 3.8) is 0 Å². The fourth-order valence-corrected chi connectivity index (χ4v) is 4.57.